The molecule has 2 aromatic heterocycles. The van der Waals surface area contributed by atoms with Gasteiger partial charge in [-0.05, 0) is 53.9 Å². The minimum atomic E-state index is 0.808. The van der Waals surface area contributed by atoms with Gasteiger partial charge >= 0.3 is 0 Å². The molecule has 0 aliphatic heterocycles. The molecule has 0 aliphatic rings. The molecule has 0 spiro atoms. The van der Waals surface area contributed by atoms with Gasteiger partial charge in [0.2, 0.25) is 0 Å². The zero-order valence-electron chi connectivity index (χ0n) is 5.92. The highest BCUT2D eigenvalue weighted by molar-refractivity contribution is 9.13. The molecule has 0 aliphatic carbocycles. The Morgan fingerprint density at radius 2 is 1.85 bits per heavy atom. The van der Waals surface area contributed by atoms with Gasteiger partial charge in [0.15, 0.2) is 8.92 Å². The summed E-state index contributed by atoms with van der Waals surface area (Å²) in [5, 5.41) is 8.86. The van der Waals surface area contributed by atoms with Crippen LogP contribution in [0.5, 0.6) is 0 Å². The Kier molecular flexibility index (Phi) is 3.19. The molecule has 0 radical (unpaired) electrons. The van der Waals surface area contributed by atoms with Crippen LogP contribution in [0.2, 0.25) is 0 Å². The molecule has 0 N–H and O–H groups in total. The van der Waals surface area contributed by atoms with Crippen LogP contribution in [0.15, 0.2) is 18.2 Å². The Morgan fingerprint density at radius 3 is 2.31 bits per heavy atom. The molecule has 2 nitrogen and oxygen atoms in total. The van der Waals surface area contributed by atoms with Gasteiger partial charge in [-0.15, -0.1) is 21.5 Å². The maximum atomic E-state index is 4.03. The van der Waals surface area contributed by atoms with E-state index in [1.807, 2.05) is 6.07 Å². The van der Waals surface area contributed by atoms with Crippen molar-refractivity contribution in [1.29, 1.82) is 0 Å². The van der Waals surface area contributed by atoms with Gasteiger partial charge in [0.1, 0.15) is 0 Å². The molecular formula is C6HBr3N2S2. The molecule has 68 valence electrons. The Labute approximate surface area is 108 Å². The van der Waals surface area contributed by atoms with Gasteiger partial charge in [-0.3, -0.25) is 0 Å². The van der Waals surface area contributed by atoms with Crippen molar-refractivity contribution >= 4 is 70.5 Å². The third-order valence-corrected chi connectivity index (χ3v) is 6.04. The molecule has 0 bridgehead atoms. The van der Waals surface area contributed by atoms with E-state index in [0.717, 1.165) is 22.1 Å². The number of thiophene rings is 1. The number of hydrogen-bond donors (Lipinski definition) is 0. The molecule has 2 aromatic rings. The number of nitrogens with zero attached hydrogens (tertiary/aromatic N) is 2. The quantitative estimate of drug-likeness (QED) is 0.696. The van der Waals surface area contributed by atoms with E-state index < -0.39 is 0 Å². The molecule has 13 heavy (non-hydrogen) atoms. The highest BCUT2D eigenvalue weighted by Gasteiger charge is 2.10. The first-order chi connectivity index (χ1) is 6.16. The van der Waals surface area contributed by atoms with Crippen molar-refractivity contribution in [3.05, 3.63) is 18.2 Å². The highest BCUT2D eigenvalue weighted by Crippen LogP contribution is 2.39. The molecule has 2 rings (SSSR count). The van der Waals surface area contributed by atoms with Crippen molar-refractivity contribution in [2.24, 2.45) is 0 Å². The first-order valence-electron chi connectivity index (χ1n) is 3.11. The number of halogens is 3. The maximum Gasteiger partial charge on any atom is 0.183 e. The van der Waals surface area contributed by atoms with Gasteiger partial charge in [0, 0.05) is 4.47 Å². The summed E-state index contributed by atoms with van der Waals surface area (Å²) in [5.41, 5.74) is 0. The van der Waals surface area contributed by atoms with Crippen molar-refractivity contribution in [1.82, 2.24) is 10.2 Å². The molecule has 2 heterocycles. The van der Waals surface area contributed by atoms with Crippen molar-refractivity contribution < 1.29 is 0 Å². The summed E-state index contributed by atoms with van der Waals surface area (Å²) < 4.78 is 2.94. The van der Waals surface area contributed by atoms with Crippen LogP contribution in [0.3, 0.4) is 0 Å². The lowest BCUT2D eigenvalue weighted by Crippen LogP contribution is -1.69. The second-order valence-electron chi connectivity index (χ2n) is 2.09. The van der Waals surface area contributed by atoms with Crippen LogP contribution in [0, 0.1) is 0 Å². The molecule has 0 saturated heterocycles. The van der Waals surface area contributed by atoms with Crippen molar-refractivity contribution in [3.8, 4) is 9.88 Å². The molecule has 0 fully saturated rings. The van der Waals surface area contributed by atoms with Crippen molar-refractivity contribution in [3.63, 3.8) is 0 Å². The molecule has 0 unspecified atom stereocenters. The smallest absolute Gasteiger partial charge is 0.136 e. The summed E-state index contributed by atoms with van der Waals surface area (Å²) in [7, 11) is 0. The van der Waals surface area contributed by atoms with Gasteiger partial charge in [-0.1, -0.05) is 11.3 Å². The van der Waals surface area contributed by atoms with Crippen LogP contribution in [0.4, 0.5) is 0 Å². The minimum Gasteiger partial charge on any atom is -0.136 e. The first kappa shape index (κ1) is 10.2. The summed E-state index contributed by atoms with van der Waals surface area (Å²) in [6.07, 6.45) is 0. The molecule has 0 aromatic carbocycles. The van der Waals surface area contributed by atoms with E-state index in [1.165, 1.54) is 11.3 Å². The highest BCUT2D eigenvalue weighted by atomic mass is 79.9. The number of hydrogen-bond acceptors (Lipinski definition) is 4. The third-order valence-electron chi connectivity index (χ3n) is 1.26. The predicted octanol–water partition coefficient (Wildman–Crippen LogP) is 4.55. The van der Waals surface area contributed by atoms with Crippen LogP contribution < -0.4 is 0 Å². The standard InChI is InChI=1S/C6HBr3N2S2/c7-2-1-3(12-4(2)8)5-10-11-6(9)13-5/h1H. The van der Waals surface area contributed by atoms with Gasteiger partial charge in [-0.25, -0.2) is 0 Å². The predicted molar refractivity (Wildman–Crippen MR) is 66.3 cm³/mol. The zero-order valence-corrected chi connectivity index (χ0v) is 12.3. The van der Waals surface area contributed by atoms with E-state index in [9.17, 15) is 0 Å². The SMILES string of the molecule is Brc1nnc(-c2cc(Br)c(Br)s2)s1. The molecule has 7 heteroatoms. The van der Waals surface area contributed by atoms with Gasteiger partial charge in [0.25, 0.3) is 0 Å². The summed E-state index contributed by atoms with van der Waals surface area (Å²) in [6, 6.07) is 2.03. The van der Waals surface area contributed by atoms with E-state index >= 15 is 0 Å². The van der Waals surface area contributed by atoms with Crippen LogP contribution in [-0.4, -0.2) is 10.2 Å². The lowest BCUT2D eigenvalue weighted by molar-refractivity contribution is 1.08. The fraction of sp³-hybridized carbons (Fsp3) is 0. The Hall–Kier alpha value is 0.700. The molecule has 0 atom stereocenters. The maximum absolute atomic E-state index is 4.03. The largest absolute Gasteiger partial charge is 0.183 e. The topological polar surface area (TPSA) is 25.8 Å². The third kappa shape index (κ3) is 2.20. The number of aromatic nitrogens is 2. The van der Waals surface area contributed by atoms with Crippen molar-refractivity contribution in [2.45, 2.75) is 0 Å². The Balaban J connectivity index is 2.46. The number of rotatable bonds is 1. The van der Waals surface area contributed by atoms with E-state index in [4.69, 9.17) is 0 Å². The van der Waals surface area contributed by atoms with Crippen LogP contribution in [-0.2, 0) is 0 Å². The minimum absolute atomic E-state index is 0.808. The van der Waals surface area contributed by atoms with Gasteiger partial charge in [-0.2, -0.15) is 0 Å². The lowest BCUT2D eigenvalue weighted by Gasteiger charge is -1.82. The van der Waals surface area contributed by atoms with Gasteiger partial charge < -0.3 is 0 Å². The van der Waals surface area contributed by atoms with Gasteiger partial charge in [0.05, 0.1) is 8.66 Å². The summed E-state index contributed by atoms with van der Waals surface area (Å²) in [6.45, 7) is 0. The molecule has 0 saturated carbocycles. The average molecular weight is 405 g/mol. The monoisotopic (exact) mass is 402 g/mol. The molecule has 0 amide bonds. The summed E-state index contributed by atoms with van der Waals surface area (Å²) in [5.74, 6) is 0. The normalized spacial score (nSPS) is 10.7. The zero-order chi connectivity index (χ0) is 9.42. The lowest BCUT2D eigenvalue weighted by atomic mass is 10.5. The fourth-order valence-corrected chi connectivity index (χ4v) is 3.94. The summed E-state index contributed by atoms with van der Waals surface area (Å²) >= 11 is 13.3. The fourth-order valence-electron chi connectivity index (χ4n) is 0.757. The summed E-state index contributed by atoms with van der Waals surface area (Å²) in [4.78, 5) is 1.11. The van der Waals surface area contributed by atoms with E-state index in [-0.39, 0.29) is 0 Å². The average Bonchev–Trinajstić information content (AvgIpc) is 2.61. The second-order valence-corrected chi connectivity index (χ2v) is 7.57. The van der Waals surface area contributed by atoms with E-state index in [0.29, 0.717) is 0 Å². The van der Waals surface area contributed by atoms with Crippen LogP contribution in [0.1, 0.15) is 0 Å². The van der Waals surface area contributed by atoms with E-state index in [2.05, 4.69) is 58.0 Å². The Bertz CT molecular complexity index is 417. The second kappa shape index (κ2) is 4.06. The van der Waals surface area contributed by atoms with Crippen LogP contribution in [0.25, 0.3) is 9.88 Å². The van der Waals surface area contributed by atoms with E-state index in [1.54, 1.807) is 11.3 Å². The molecular weight excluding hydrogens is 404 g/mol. The van der Waals surface area contributed by atoms with Crippen LogP contribution >= 0.6 is 70.5 Å². The van der Waals surface area contributed by atoms with Crippen molar-refractivity contribution in [2.75, 3.05) is 0 Å². The Morgan fingerprint density at radius 1 is 1.08 bits per heavy atom. The first-order valence-corrected chi connectivity index (χ1v) is 7.12.